The second kappa shape index (κ2) is 4.96. The number of aryl methyl sites for hydroxylation is 1. The molecule has 0 fully saturated rings. The van der Waals surface area contributed by atoms with Crippen molar-refractivity contribution in [1.82, 2.24) is 9.88 Å². The largest absolute Gasteiger partial charge is 0.357 e. The van der Waals surface area contributed by atoms with E-state index in [0.29, 0.717) is 0 Å². The topological polar surface area (TPSA) is 51.1 Å². The van der Waals surface area contributed by atoms with Crippen LogP contribution in [0.3, 0.4) is 0 Å². The summed E-state index contributed by atoms with van der Waals surface area (Å²) >= 11 is 0. The zero-order valence-electron chi connectivity index (χ0n) is 10.2. The van der Waals surface area contributed by atoms with E-state index in [-0.39, 0.29) is 17.4 Å². The molecule has 0 aliphatic rings. The normalized spacial score (nSPS) is 12.6. The van der Waals surface area contributed by atoms with Crippen LogP contribution in [0.4, 0.5) is 0 Å². The van der Waals surface area contributed by atoms with E-state index >= 15 is 0 Å². The third-order valence-electron chi connectivity index (χ3n) is 2.55. The Balaban J connectivity index is 3.22. The van der Waals surface area contributed by atoms with E-state index < -0.39 is 6.04 Å². The lowest BCUT2D eigenvalue weighted by Crippen LogP contribution is -2.38. The standard InChI is InChI=1S/C12H18N2O2/c1-8(2)11(12(16)13-4)14-6-5-9(3)7-10(14)15/h5-8,11H,1-4H3,(H,13,16). The minimum absolute atomic E-state index is 0.0698. The Morgan fingerprint density at radius 1 is 1.44 bits per heavy atom. The molecule has 0 aromatic carbocycles. The van der Waals surface area contributed by atoms with Crippen LogP contribution in [0.2, 0.25) is 0 Å². The van der Waals surface area contributed by atoms with Gasteiger partial charge in [0.15, 0.2) is 0 Å². The molecule has 0 saturated carbocycles. The molecule has 0 aliphatic carbocycles. The fourth-order valence-electron chi connectivity index (χ4n) is 1.72. The lowest BCUT2D eigenvalue weighted by molar-refractivity contribution is -0.125. The summed E-state index contributed by atoms with van der Waals surface area (Å²) in [5.74, 6) is -0.0682. The summed E-state index contributed by atoms with van der Waals surface area (Å²) in [7, 11) is 1.58. The van der Waals surface area contributed by atoms with E-state index in [1.54, 1.807) is 19.3 Å². The van der Waals surface area contributed by atoms with Crippen LogP contribution >= 0.6 is 0 Å². The van der Waals surface area contributed by atoms with Crippen LogP contribution in [0, 0.1) is 12.8 Å². The van der Waals surface area contributed by atoms with Crippen molar-refractivity contribution >= 4 is 5.91 Å². The van der Waals surface area contributed by atoms with Crippen molar-refractivity contribution in [2.45, 2.75) is 26.8 Å². The molecule has 16 heavy (non-hydrogen) atoms. The maximum Gasteiger partial charge on any atom is 0.251 e. The molecule has 0 bridgehead atoms. The van der Waals surface area contributed by atoms with Gasteiger partial charge in [0, 0.05) is 19.3 Å². The van der Waals surface area contributed by atoms with Gasteiger partial charge in [-0.2, -0.15) is 0 Å². The first-order chi connectivity index (χ1) is 7.47. The molecular weight excluding hydrogens is 204 g/mol. The molecule has 0 spiro atoms. The van der Waals surface area contributed by atoms with Crippen molar-refractivity contribution < 1.29 is 4.79 Å². The summed E-state index contributed by atoms with van der Waals surface area (Å²) in [6.45, 7) is 5.70. The summed E-state index contributed by atoms with van der Waals surface area (Å²) in [4.78, 5) is 23.5. The Kier molecular flexibility index (Phi) is 3.88. The number of aromatic nitrogens is 1. The van der Waals surface area contributed by atoms with Gasteiger partial charge >= 0.3 is 0 Å². The van der Waals surface area contributed by atoms with Gasteiger partial charge in [0.05, 0.1) is 0 Å². The van der Waals surface area contributed by atoms with Gasteiger partial charge in [0.2, 0.25) is 5.91 Å². The first kappa shape index (κ1) is 12.5. The molecule has 0 saturated heterocycles. The Bertz CT molecular complexity index is 435. The third kappa shape index (κ3) is 2.51. The van der Waals surface area contributed by atoms with Crippen molar-refractivity contribution in [3.05, 3.63) is 34.2 Å². The Hall–Kier alpha value is -1.58. The Labute approximate surface area is 95.3 Å². The van der Waals surface area contributed by atoms with Crippen LogP contribution in [-0.4, -0.2) is 17.5 Å². The minimum Gasteiger partial charge on any atom is -0.357 e. The van der Waals surface area contributed by atoms with E-state index in [4.69, 9.17) is 0 Å². The van der Waals surface area contributed by atoms with Gasteiger partial charge in [0.1, 0.15) is 6.04 Å². The van der Waals surface area contributed by atoms with Gasteiger partial charge in [-0.15, -0.1) is 0 Å². The molecular formula is C12H18N2O2. The molecule has 1 N–H and O–H groups in total. The molecule has 1 rings (SSSR count). The van der Waals surface area contributed by atoms with Crippen molar-refractivity contribution in [2.24, 2.45) is 5.92 Å². The van der Waals surface area contributed by atoms with Crippen LogP contribution in [0.5, 0.6) is 0 Å². The molecule has 1 heterocycles. The highest BCUT2D eigenvalue weighted by atomic mass is 16.2. The lowest BCUT2D eigenvalue weighted by Gasteiger charge is -2.21. The van der Waals surface area contributed by atoms with Crippen LogP contribution in [0.15, 0.2) is 23.1 Å². The first-order valence-corrected chi connectivity index (χ1v) is 5.37. The van der Waals surface area contributed by atoms with Crippen LogP contribution < -0.4 is 10.9 Å². The minimum atomic E-state index is -0.446. The molecule has 4 nitrogen and oxygen atoms in total. The highest BCUT2D eigenvalue weighted by Gasteiger charge is 2.23. The molecule has 1 amide bonds. The maximum absolute atomic E-state index is 11.8. The van der Waals surface area contributed by atoms with Crippen molar-refractivity contribution in [1.29, 1.82) is 0 Å². The molecule has 88 valence electrons. The molecule has 4 heteroatoms. The second-order valence-electron chi connectivity index (χ2n) is 4.25. The van der Waals surface area contributed by atoms with Gasteiger partial charge in [-0.3, -0.25) is 9.59 Å². The van der Waals surface area contributed by atoms with Gasteiger partial charge in [0.25, 0.3) is 5.56 Å². The highest BCUT2D eigenvalue weighted by molar-refractivity contribution is 5.80. The average Bonchev–Trinajstić information content (AvgIpc) is 2.21. The monoisotopic (exact) mass is 222 g/mol. The number of nitrogens with zero attached hydrogens (tertiary/aromatic N) is 1. The third-order valence-corrected chi connectivity index (χ3v) is 2.55. The van der Waals surface area contributed by atoms with Gasteiger partial charge in [-0.05, 0) is 24.5 Å². The summed E-state index contributed by atoms with van der Waals surface area (Å²) < 4.78 is 1.48. The maximum atomic E-state index is 11.8. The highest BCUT2D eigenvalue weighted by Crippen LogP contribution is 2.15. The summed E-state index contributed by atoms with van der Waals surface area (Å²) in [5.41, 5.74) is 0.767. The Morgan fingerprint density at radius 3 is 2.50 bits per heavy atom. The zero-order chi connectivity index (χ0) is 12.3. The van der Waals surface area contributed by atoms with E-state index in [1.807, 2.05) is 26.8 Å². The second-order valence-corrected chi connectivity index (χ2v) is 4.25. The molecule has 1 atom stereocenters. The smallest absolute Gasteiger partial charge is 0.251 e. The van der Waals surface area contributed by atoms with Gasteiger partial charge in [-0.25, -0.2) is 0 Å². The number of pyridine rings is 1. The number of nitrogens with one attached hydrogen (secondary N) is 1. The number of carbonyl (C=O) groups is 1. The van der Waals surface area contributed by atoms with E-state index in [2.05, 4.69) is 5.32 Å². The molecule has 1 aromatic heterocycles. The molecule has 1 aromatic rings. The summed E-state index contributed by atoms with van der Waals surface area (Å²) in [6.07, 6.45) is 1.68. The van der Waals surface area contributed by atoms with E-state index in [0.717, 1.165) is 5.56 Å². The Morgan fingerprint density at radius 2 is 2.06 bits per heavy atom. The zero-order valence-corrected chi connectivity index (χ0v) is 10.2. The number of hydrogen-bond acceptors (Lipinski definition) is 2. The number of amides is 1. The molecule has 0 aliphatic heterocycles. The fourth-order valence-corrected chi connectivity index (χ4v) is 1.72. The first-order valence-electron chi connectivity index (χ1n) is 5.37. The van der Waals surface area contributed by atoms with Crippen molar-refractivity contribution in [3.8, 4) is 0 Å². The molecule has 0 radical (unpaired) electrons. The molecule has 1 unspecified atom stereocenters. The predicted octanol–water partition coefficient (Wildman–Crippen LogP) is 1.10. The number of hydrogen-bond donors (Lipinski definition) is 1. The van der Waals surface area contributed by atoms with Crippen LogP contribution in [0.1, 0.15) is 25.5 Å². The number of likely N-dealkylation sites (N-methyl/N-ethyl adjacent to an activating group) is 1. The predicted molar refractivity (Wildman–Crippen MR) is 63.4 cm³/mol. The average molecular weight is 222 g/mol. The van der Waals surface area contributed by atoms with Crippen molar-refractivity contribution in [2.75, 3.05) is 7.05 Å². The van der Waals surface area contributed by atoms with Crippen LogP contribution in [-0.2, 0) is 4.79 Å². The summed E-state index contributed by atoms with van der Waals surface area (Å²) in [5, 5.41) is 2.59. The van der Waals surface area contributed by atoms with E-state index in [9.17, 15) is 9.59 Å². The number of rotatable bonds is 3. The van der Waals surface area contributed by atoms with Crippen molar-refractivity contribution in [3.63, 3.8) is 0 Å². The fraction of sp³-hybridized carbons (Fsp3) is 0.500. The van der Waals surface area contributed by atoms with Gasteiger partial charge < -0.3 is 9.88 Å². The van der Waals surface area contributed by atoms with Gasteiger partial charge in [-0.1, -0.05) is 13.8 Å². The quantitative estimate of drug-likeness (QED) is 0.832. The SMILES string of the molecule is CNC(=O)C(C(C)C)n1ccc(C)cc1=O. The summed E-state index contributed by atoms with van der Waals surface area (Å²) in [6, 6.07) is 2.93. The lowest BCUT2D eigenvalue weighted by atomic mass is 10.0. The van der Waals surface area contributed by atoms with E-state index in [1.165, 1.54) is 4.57 Å². The number of carbonyl (C=O) groups excluding carboxylic acids is 1. The van der Waals surface area contributed by atoms with Crippen LogP contribution in [0.25, 0.3) is 0 Å².